The van der Waals surface area contributed by atoms with Crippen LogP contribution in [0.2, 0.25) is 0 Å². The molecule has 1 aromatic rings. The van der Waals surface area contributed by atoms with Crippen molar-refractivity contribution in [1.29, 1.82) is 0 Å². The van der Waals surface area contributed by atoms with Crippen LogP contribution in [-0.4, -0.2) is 27.5 Å². The molecule has 0 unspecified atom stereocenters. The number of carboxylic acid groups (broad SMARTS) is 1. The Morgan fingerprint density at radius 1 is 1.61 bits per heavy atom. The zero-order valence-corrected chi connectivity index (χ0v) is 10.4. The Hall–Kier alpha value is -2.18. The summed E-state index contributed by atoms with van der Waals surface area (Å²) in [6, 6.07) is 1.52. The second kappa shape index (κ2) is 4.99. The molecule has 0 atom stereocenters. The van der Waals surface area contributed by atoms with E-state index >= 15 is 0 Å². The number of carbonyl (C=O) groups is 1. The highest BCUT2D eigenvalue weighted by Gasteiger charge is 2.27. The maximum atomic E-state index is 10.9. The summed E-state index contributed by atoms with van der Waals surface area (Å²) >= 11 is 0. The average Bonchev–Trinajstić information content (AvgIpc) is 2.25. The van der Waals surface area contributed by atoms with Gasteiger partial charge < -0.3 is 10.4 Å². The quantitative estimate of drug-likeness (QED) is 0.612. The molecule has 0 amide bonds. The van der Waals surface area contributed by atoms with E-state index in [4.69, 9.17) is 5.11 Å². The van der Waals surface area contributed by atoms with Crippen molar-refractivity contribution in [2.45, 2.75) is 20.8 Å². The van der Waals surface area contributed by atoms with Gasteiger partial charge in [-0.05, 0) is 26.8 Å². The lowest BCUT2D eigenvalue weighted by Gasteiger charge is -2.19. The van der Waals surface area contributed by atoms with E-state index in [0.29, 0.717) is 11.4 Å². The third-order valence-electron chi connectivity index (χ3n) is 2.57. The molecule has 0 saturated carbocycles. The molecular formula is C11H15N3O4. The van der Waals surface area contributed by atoms with Gasteiger partial charge in [-0.25, -0.2) is 4.98 Å². The lowest BCUT2D eigenvalue weighted by molar-refractivity contribution is -0.385. The number of aromatic nitrogens is 1. The van der Waals surface area contributed by atoms with Crippen LogP contribution in [-0.2, 0) is 4.79 Å². The van der Waals surface area contributed by atoms with Crippen LogP contribution < -0.4 is 5.32 Å². The molecule has 98 valence electrons. The Bertz CT molecular complexity index is 485. The van der Waals surface area contributed by atoms with Gasteiger partial charge in [0.25, 0.3) is 5.69 Å². The van der Waals surface area contributed by atoms with E-state index in [0.717, 1.165) is 6.20 Å². The number of nitrogens with one attached hydrogen (secondary N) is 1. The summed E-state index contributed by atoms with van der Waals surface area (Å²) < 4.78 is 0. The number of nitro groups is 1. The minimum absolute atomic E-state index is 0.0574. The molecule has 1 rings (SSSR count). The topological polar surface area (TPSA) is 105 Å². The highest BCUT2D eigenvalue weighted by molar-refractivity contribution is 5.74. The van der Waals surface area contributed by atoms with Crippen LogP contribution in [0.4, 0.5) is 11.5 Å². The molecule has 1 aromatic heterocycles. The third-order valence-corrected chi connectivity index (χ3v) is 2.57. The molecule has 0 saturated heterocycles. The van der Waals surface area contributed by atoms with Gasteiger partial charge in [0, 0.05) is 12.1 Å². The van der Waals surface area contributed by atoms with Gasteiger partial charge in [-0.2, -0.15) is 0 Å². The molecule has 18 heavy (non-hydrogen) atoms. The minimum Gasteiger partial charge on any atom is -0.481 e. The standard InChI is InChI=1S/C11H15N3O4/c1-7-4-9(12-5-8(7)14(17)18)13-6-11(2,3)10(15)16/h4-5H,6H2,1-3H3,(H,12,13)(H,15,16). The molecule has 1 heterocycles. The van der Waals surface area contributed by atoms with Crippen molar-refractivity contribution in [3.05, 3.63) is 27.9 Å². The molecule has 0 aliphatic carbocycles. The van der Waals surface area contributed by atoms with Crippen LogP contribution in [0.25, 0.3) is 0 Å². The van der Waals surface area contributed by atoms with Crippen LogP contribution in [0.5, 0.6) is 0 Å². The van der Waals surface area contributed by atoms with Gasteiger partial charge in [0.05, 0.1) is 10.3 Å². The van der Waals surface area contributed by atoms with E-state index in [1.807, 2.05) is 0 Å². The Morgan fingerprint density at radius 2 is 2.22 bits per heavy atom. The van der Waals surface area contributed by atoms with Gasteiger partial charge in [-0.3, -0.25) is 14.9 Å². The van der Waals surface area contributed by atoms with Crippen molar-refractivity contribution < 1.29 is 14.8 Å². The van der Waals surface area contributed by atoms with Gasteiger partial charge in [-0.1, -0.05) is 0 Å². The first-order chi connectivity index (χ1) is 8.24. The molecule has 0 fully saturated rings. The predicted octanol–water partition coefficient (Wildman–Crippen LogP) is 1.82. The second-order valence-electron chi connectivity index (χ2n) is 4.66. The third kappa shape index (κ3) is 3.16. The molecule has 0 spiro atoms. The van der Waals surface area contributed by atoms with Crippen molar-refractivity contribution in [1.82, 2.24) is 4.98 Å². The number of rotatable bonds is 5. The molecule has 0 aliphatic rings. The van der Waals surface area contributed by atoms with Gasteiger partial charge in [0.15, 0.2) is 0 Å². The molecule has 7 heteroatoms. The molecule has 7 nitrogen and oxygen atoms in total. The Balaban J connectivity index is 2.79. The van der Waals surface area contributed by atoms with Gasteiger partial charge in [-0.15, -0.1) is 0 Å². The maximum Gasteiger partial charge on any atom is 0.310 e. The Kier molecular flexibility index (Phi) is 3.85. The lowest BCUT2D eigenvalue weighted by Crippen LogP contribution is -2.32. The van der Waals surface area contributed by atoms with E-state index < -0.39 is 16.3 Å². The summed E-state index contributed by atoms with van der Waals surface area (Å²) in [6.07, 6.45) is 1.16. The van der Waals surface area contributed by atoms with E-state index in [-0.39, 0.29) is 12.2 Å². The Morgan fingerprint density at radius 3 is 2.67 bits per heavy atom. The van der Waals surface area contributed by atoms with Crippen molar-refractivity contribution in [2.24, 2.45) is 5.41 Å². The average molecular weight is 253 g/mol. The summed E-state index contributed by atoms with van der Waals surface area (Å²) in [4.78, 5) is 24.9. The highest BCUT2D eigenvalue weighted by atomic mass is 16.6. The number of hydrogen-bond donors (Lipinski definition) is 2. The van der Waals surface area contributed by atoms with E-state index in [2.05, 4.69) is 10.3 Å². The molecule has 0 radical (unpaired) electrons. The lowest BCUT2D eigenvalue weighted by atomic mass is 9.94. The predicted molar refractivity (Wildman–Crippen MR) is 65.5 cm³/mol. The number of aliphatic carboxylic acids is 1. The number of hydrogen-bond acceptors (Lipinski definition) is 5. The fourth-order valence-electron chi connectivity index (χ4n) is 1.22. The number of aryl methyl sites for hydroxylation is 1. The maximum absolute atomic E-state index is 10.9. The zero-order valence-electron chi connectivity index (χ0n) is 10.4. The van der Waals surface area contributed by atoms with Gasteiger partial charge >= 0.3 is 5.97 Å². The minimum atomic E-state index is -0.933. The first kappa shape index (κ1) is 13.9. The second-order valence-corrected chi connectivity index (χ2v) is 4.66. The summed E-state index contributed by atoms with van der Waals surface area (Å²) in [6.45, 7) is 4.96. The van der Waals surface area contributed by atoms with E-state index in [1.165, 1.54) is 6.07 Å². The fourth-order valence-corrected chi connectivity index (χ4v) is 1.22. The van der Waals surface area contributed by atoms with Crippen LogP contribution in [0.15, 0.2) is 12.3 Å². The van der Waals surface area contributed by atoms with Gasteiger partial charge in [0.1, 0.15) is 12.0 Å². The molecular weight excluding hydrogens is 238 g/mol. The van der Waals surface area contributed by atoms with Gasteiger partial charge in [0.2, 0.25) is 0 Å². The summed E-state index contributed by atoms with van der Waals surface area (Å²) in [7, 11) is 0. The van der Waals surface area contributed by atoms with Crippen molar-refractivity contribution in [3.63, 3.8) is 0 Å². The Labute approximate surface area is 104 Å². The number of anilines is 1. The molecule has 2 N–H and O–H groups in total. The largest absolute Gasteiger partial charge is 0.481 e. The van der Waals surface area contributed by atoms with Crippen molar-refractivity contribution >= 4 is 17.5 Å². The fraction of sp³-hybridized carbons (Fsp3) is 0.455. The molecule has 0 aliphatic heterocycles. The van der Waals surface area contributed by atoms with Crippen LogP contribution in [0.1, 0.15) is 19.4 Å². The number of nitrogens with zero attached hydrogens (tertiary/aromatic N) is 2. The van der Waals surface area contributed by atoms with E-state index in [9.17, 15) is 14.9 Å². The zero-order chi connectivity index (χ0) is 13.9. The van der Waals surface area contributed by atoms with Crippen LogP contribution in [0.3, 0.4) is 0 Å². The normalized spacial score (nSPS) is 11.1. The SMILES string of the molecule is Cc1cc(NCC(C)(C)C(=O)O)ncc1[N+](=O)[O-]. The van der Waals surface area contributed by atoms with Crippen molar-refractivity contribution in [3.8, 4) is 0 Å². The molecule has 0 aromatic carbocycles. The highest BCUT2D eigenvalue weighted by Crippen LogP contribution is 2.20. The summed E-state index contributed by atoms with van der Waals surface area (Å²) in [5.41, 5.74) is -0.513. The van der Waals surface area contributed by atoms with Crippen LogP contribution in [0, 0.1) is 22.5 Å². The smallest absolute Gasteiger partial charge is 0.310 e. The van der Waals surface area contributed by atoms with Crippen molar-refractivity contribution in [2.75, 3.05) is 11.9 Å². The monoisotopic (exact) mass is 253 g/mol. The summed E-state index contributed by atoms with van der Waals surface area (Å²) in [5, 5.41) is 22.4. The molecule has 0 bridgehead atoms. The van der Waals surface area contributed by atoms with E-state index in [1.54, 1.807) is 20.8 Å². The number of carboxylic acids is 1. The first-order valence-corrected chi connectivity index (χ1v) is 5.32. The summed E-state index contributed by atoms with van der Waals surface area (Å²) in [5.74, 6) is -0.499. The number of pyridine rings is 1. The first-order valence-electron chi connectivity index (χ1n) is 5.32. The van der Waals surface area contributed by atoms with Crippen LogP contribution >= 0.6 is 0 Å².